The highest BCUT2D eigenvalue weighted by Gasteiger charge is 2.13. The lowest BCUT2D eigenvalue weighted by Gasteiger charge is -2.04. The molecule has 2 aromatic heterocycles. The second-order valence-electron chi connectivity index (χ2n) is 6.31. The van der Waals surface area contributed by atoms with Gasteiger partial charge in [0.25, 0.3) is 0 Å². The topological polar surface area (TPSA) is 34.4 Å². The molecule has 0 aliphatic rings. The fourth-order valence-corrected chi connectivity index (χ4v) is 3.72. The predicted octanol–water partition coefficient (Wildman–Crippen LogP) is 4.33. The summed E-state index contributed by atoms with van der Waals surface area (Å²) in [5, 5.41) is 5.05. The van der Waals surface area contributed by atoms with Crippen molar-refractivity contribution in [3.63, 3.8) is 0 Å². The van der Waals surface area contributed by atoms with Crippen LogP contribution in [0.4, 0.5) is 8.78 Å². The summed E-state index contributed by atoms with van der Waals surface area (Å²) in [5.74, 6) is 4.24. The van der Waals surface area contributed by atoms with Gasteiger partial charge in [-0.1, -0.05) is 41.5 Å². The molecule has 28 heavy (non-hydrogen) atoms. The van der Waals surface area contributed by atoms with Gasteiger partial charge in [-0.25, -0.2) is 13.3 Å². The van der Waals surface area contributed by atoms with Crippen molar-refractivity contribution >= 4 is 16.2 Å². The molecule has 0 unspecified atom stereocenters. The lowest BCUT2D eigenvalue weighted by atomic mass is 10.0. The lowest BCUT2D eigenvalue weighted by Crippen LogP contribution is -2.15. The van der Waals surface area contributed by atoms with Gasteiger partial charge in [-0.3, -0.25) is 4.79 Å². The third kappa shape index (κ3) is 3.57. The Morgan fingerprint density at radius 1 is 1.07 bits per heavy atom. The number of benzene rings is 2. The molecule has 0 spiro atoms. The molecule has 0 aliphatic carbocycles. The summed E-state index contributed by atoms with van der Waals surface area (Å²) in [4.78, 5) is 13.4. The Morgan fingerprint density at radius 3 is 2.61 bits per heavy atom. The minimum atomic E-state index is -0.928. The summed E-state index contributed by atoms with van der Waals surface area (Å²) in [6.07, 6.45) is 1.83. The maximum absolute atomic E-state index is 13.5. The van der Waals surface area contributed by atoms with Crippen LogP contribution < -0.4 is 5.43 Å². The van der Waals surface area contributed by atoms with Crippen LogP contribution in [0.15, 0.2) is 59.5 Å². The molecular formula is C22H14F2N2OS. The molecule has 0 amide bonds. The van der Waals surface area contributed by atoms with Gasteiger partial charge in [0.15, 0.2) is 22.1 Å². The SMILES string of the molecule is Cc1c(=O)c(Cc2ccc(F)c(F)c2)cn2nc(C#Cc3ccccc3)sc12. The Bertz CT molecular complexity index is 1300. The van der Waals surface area contributed by atoms with Crippen molar-refractivity contribution in [3.8, 4) is 11.8 Å². The van der Waals surface area contributed by atoms with Gasteiger partial charge in [0.05, 0.1) is 0 Å². The van der Waals surface area contributed by atoms with Crippen LogP contribution in [0.5, 0.6) is 0 Å². The summed E-state index contributed by atoms with van der Waals surface area (Å²) >= 11 is 1.35. The highest BCUT2D eigenvalue weighted by molar-refractivity contribution is 7.17. The average molecular weight is 392 g/mol. The number of pyridine rings is 1. The number of aryl methyl sites for hydroxylation is 1. The summed E-state index contributed by atoms with van der Waals surface area (Å²) < 4.78 is 28.2. The van der Waals surface area contributed by atoms with Gasteiger partial charge in [-0.2, -0.15) is 0 Å². The fourth-order valence-electron chi connectivity index (χ4n) is 2.88. The first-order chi connectivity index (χ1) is 13.5. The number of hydrogen-bond donors (Lipinski definition) is 0. The Labute approximate surface area is 163 Å². The number of fused-ring (bicyclic) bond motifs is 1. The molecule has 0 N–H and O–H groups in total. The molecule has 6 heteroatoms. The van der Waals surface area contributed by atoms with Crippen molar-refractivity contribution in [2.45, 2.75) is 13.3 Å². The molecule has 4 aromatic rings. The molecule has 0 saturated carbocycles. The molecule has 0 radical (unpaired) electrons. The van der Waals surface area contributed by atoms with E-state index in [1.165, 1.54) is 17.4 Å². The van der Waals surface area contributed by atoms with E-state index in [9.17, 15) is 13.6 Å². The predicted molar refractivity (Wildman–Crippen MR) is 106 cm³/mol. The van der Waals surface area contributed by atoms with Crippen molar-refractivity contribution < 1.29 is 8.78 Å². The standard InChI is InChI=1S/C22H14F2N2OS/c1-14-21(27)17(11-16-7-9-18(23)19(24)12-16)13-26-22(14)28-20(25-26)10-8-15-5-3-2-4-6-15/h2-7,9,12-13H,11H2,1H3. The van der Waals surface area contributed by atoms with E-state index in [1.54, 1.807) is 17.6 Å². The van der Waals surface area contributed by atoms with Crippen LogP contribution in [0.2, 0.25) is 0 Å². The largest absolute Gasteiger partial charge is 0.289 e. The minimum Gasteiger partial charge on any atom is -0.289 e. The van der Waals surface area contributed by atoms with Crippen molar-refractivity contribution in [3.05, 3.63) is 104 Å². The maximum Gasteiger partial charge on any atom is 0.189 e. The van der Waals surface area contributed by atoms with Gasteiger partial charge < -0.3 is 0 Å². The average Bonchev–Trinajstić information content (AvgIpc) is 3.11. The minimum absolute atomic E-state index is 0.129. The molecular weight excluding hydrogens is 378 g/mol. The summed E-state index contributed by atoms with van der Waals surface area (Å²) in [5.41, 5.74) is 2.30. The van der Waals surface area contributed by atoms with E-state index in [2.05, 4.69) is 16.9 Å². The van der Waals surface area contributed by atoms with Crippen LogP contribution in [0.1, 0.15) is 27.3 Å². The van der Waals surface area contributed by atoms with Crippen LogP contribution >= 0.6 is 11.3 Å². The monoisotopic (exact) mass is 392 g/mol. The highest BCUT2D eigenvalue weighted by Crippen LogP contribution is 2.19. The molecule has 2 aromatic carbocycles. The van der Waals surface area contributed by atoms with E-state index in [0.29, 0.717) is 21.7 Å². The van der Waals surface area contributed by atoms with Gasteiger partial charge in [0.1, 0.15) is 4.83 Å². The molecule has 0 bridgehead atoms. The zero-order valence-corrected chi connectivity index (χ0v) is 15.7. The lowest BCUT2D eigenvalue weighted by molar-refractivity contribution is 0.507. The van der Waals surface area contributed by atoms with Crippen LogP contribution in [-0.2, 0) is 6.42 Å². The van der Waals surface area contributed by atoms with Crippen molar-refractivity contribution in [1.82, 2.24) is 9.61 Å². The Hall–Kier alpha value is -3.30. The first-order valence-corrected chi connectivity index (χ1v) is 9.36. The quantitative estimate of drug-likeness (QED) is 0.476. The van der Waals surface area contributed by atoms with Crippen molar-refractivity contribution in [1.29, 1.82) is 0 Å². The number of hydrogen-bond acceptors (Lipinski definition) is 3. The highest BCUT2D eigenvalue weighted by atomic mass is 32.1. The van der Waals surface area contributed by atoms with E-state index in [-0.39, 0.29) is 11.8 Å². The zero-order chi connectivity index (χ0) is 19.7. The van der Waals surface area contributed by atoms with Gasteiger partial charge in [-0.05, 0) is 42.7 Å². The Kier molecular flexibility index (Phi) is 4.76. The van der Waals surface area contributed by atoms with E-state index >= 15 is 0 Å². The third-order valence-corrected chi connectivity index (χ3v) is 5.36. The van der Waals surface area contributed by atoms with Gasteiger partial charge in [0.2, 0.25) is 0 Å². The molecule has 4 rings (SSSR count). The van der Waals surface area contributed by atoms with Gasteiger partial charge in [-0.15, -0.1) is 5.10 Å². The summed E-state index contributed by atoms with van der Waals surface area (Å²) in [7, 11) is 0. The molecule has 0 saturated heterocycles. The second-order valence-corrected chi connectivity index (χ2v) is 7.28. The van der Waals surface area contributed by atoms with E-state index in [1.807, 2.05) is 30.3 Å². The zero-order valence-electron chi connectivity index (χ0n) is 14.9. The number of aromatic nitrogens is 2. The normalized spacial score (nSPS) is 10.7. The number of rotatable bonds is 2. The van der Waals surface area contributed by atoms with Crippen LogP contribution in [-0.4, -0.2) is 9.61 Å². The molecule has 0 fully saturated rings. The van der Waals surface area contributed by atoms with Crippen LogP contribution in [0.25, 0.3) is 4.83 Å². The molecule has 0 aliphatic heterocycles. The van der Waals surface area contributed by atoms with Crippen LogP contribution in [0, 0.1) is 30.4 Å². The third-order valence-electron chi connectivity index (χ3n) is 4.30. The summed E-state index contributed by atoms with van der Waals surface area (Å²) in [6, 6.07) is 13.2. The first-order valence-electron chi connectivity index (χ1n) is 8.54. The first kappa shape index (κ1) is 18.1. The van der Waals surface area contributed by atoms with E-state index in [4.69, 9.17) is 0 Å². The van der Waals surface area contributed by atoms with E-state index in [0.717, 1.165) is 22.5 Å². The molecule has 2 heterocycles. The fraction of sp³-hybridized carbons (Fsp3) is 0.0909. The number of nitrogens with zero attached hydrogens (tertiary/aromatic N) is 2. The van der Waals surface area contributed by atoms with Crippen LogP contribution in [0.3, 0.4) is 0 Å². The van der Waals surface area contributed by atoms with Crippen molar-refractivity contribution in [2.24, 2.45) is 0 Å². The Morgan fingerprint density at radius 2 is 1.86 bits per heavy atom. The summed E-state index contributed by atoms with van der Waals surface area (Å²) in [6.45, 7) is 1.74. The number of halogens is 2. The van der Waals surface area contributed by atoms with E-state index < -0.39 is 11.6 Å². The maximum atomic E-state index is 13.5. The molecule has 0 atom stereocenters. The molecule has 3 nitrogen and oxygen atoms in total. The van der Waals surface area contributed by atoms with Gasteiger partial charge >= 0.3 is 0 Å². The smallest absolute Gasteiger partial charge is 0.189 e. The Balaban J connectivity index is 1.72. The molecule has 138 valence electrons. The van der Waals surface area contributed by atoms with Gasteiger partial charge in [0, 0.05) is 29.3 Å². The second kappa shape index (κ2) is 7.37. The van der Waals surface area contributed by atoms with Crippen molar-refractivity contribution in [2.75, 3.05) is 0 Å².